The molecule has 120 valence electrons. The van der Waals surface area contributed by atoms with E-state index in [4.69, 9.17) is 9.47 Å². The van der Waals surface area contributed by atoms with Crippen molar-refractivity contribution in [1.29, 1.82) is 0 Å². The van der Waals surface area contributed by atoms with Crippen molar-refractivity contribution in [3.05, 3.63) is 53.6 Å². The van der Waals surface area contributed by atoms with E-state index in [2.05, 4.69) is 6.92 Å². The first-order valence-corrected chi connectivity index (χ1v) is 7.93. The number of aromatic hydroxyl groups is 1. The topological polar surface area (TPSA) is 55.8 Å². The number of ether oxygens (including phenoxy) is 2. The van der Waals surface area contributed by atoms with Crippen molar-refractivity contribution in [1.82, 2.24) is 0 Å². The van der Waals surface area contributed by atoms with Crippen molar-refractivity contribution < 1.29 is 19.4 Å². The van der Waals surface area contributed by atoms with Crippen LogP contribution in [0.25, 0.3) is 0 Å². The van der Waals surface area contributed by atoms with E-state index in [0.717, 1.165) is 29.7 Å². The molecule has 0 aromatic heterocycles. The fourth-order valence-electron chi connectivity index (χ4n) is 2.77. The van der Waals surface area contributed by atoms with E-state index in [0.29, 0.717) is 18.8 Å². The lowest BCUT2D eigenvalue weighted by atomic mass is 9.86. The molecule has 1 aliphatic rings. The zero-order chi connectivity index (χ0) is 16.2. The van der Waals surface area contributed by atoms with Gasteiger partial charge in [0.1, 0.15) is 17.2 Å². The molecule has 1 N–H and O–H groups in total. The predicted molar refractivity (Wildman–Crippen MR) is 87.0 cm³/mol. The molecule has 0 saturated carbocycles. The van der Waals surface area contributed by atoms with E-state index < -0.39 is 0 Å². The number of hydrogen-bond donors (Lipinski definition) is 1. The van der Waals surface area contributed by atoms with E-state index in [-0.39, 0.29) is 17.6 Å². The molecule has 0 bridgehead atoms. The summed E-state index contributed by atoms with van der Waals surface area (Å²) in [5, 5.41) is 9.56. The SMILES string of the molecule is CCCCOc1ccc(C2CC(=O)Oc3cc(O)ccc32)cc1. The van der Waals surface area contributed by atoms with E-state index in [1.807, 2.05) is 30.3 Å². The molecule has 3 rings (SSSR count). The van der Waals surface area contributed by atoms with Crippen LogP contribution in [0.15, 0.2) is 42.5 Å². The number of phenols is 1. The maximum Gasteiger partial charge on any atom is 0.312 e. The lowest BCUT2D eigenvalue weighted by Crippen LogP contribution is -2.20. The van der Waals surface area contributed by atoms with Gasteiger partial charge in [-0.1, -0.05) is 31.5 Å². The molecule has 1 unspecified atom stereocenters. The zero-order valence-electron chi connectivity index (χ0n) is 13.1. The van der Waals surface area contributed by atoms with Crippen LogP contribution in [-0.4, -0.2) is 17.7 Å². The molecule has 1 atom stereocenters. The highest BCUT2D eigenvalue weighted by Gasteiger charge is 2.28. The molecule has 0 aliphatic carbocycles. The third-order valence-electron chi connectivity index (χ3n) is 4.02. The molecule has 2 aromatic carbocycles. The van der Waals surface area contributed by atoms with E-state index >= 15 is 0 Å². The summed E-state index contributed by atoms with van der Waals surface area (Å²) in [5.74, 6) is 1.03. The Kier molecular flexibility index (Phi) is 4.51. The molecule has 0 fully saturated rings. The summed E-state index contributed by atoms with van der Waals surface area (Å²) in [7, 11) is 0. The predicted octanol–water partition coefficient (Wildman–Crippen LogP) is 4.01. The minimum absolute atomic E-state index is 0.0588. The van der Waals surface area contributed by atoms with Crippen LogP contribution in [0.4, 0.5) is 0 Å². The van der Waals surface area contributed by atoms with Gasteiger partial charge in [-0.15, -0.1) is 0 Å². The van der Waals surface area contributed by atoms with Crippen LogP contribution in [0.1, 0.15) is 43.2 Å². The van der Waals surface area contributed by atoms with Crippen LogP contribution in [0, 0.1) is 0 Å². The lowest BCUT2D eigenvalue weighted by Gasteiger charge is -2.25. The van der Waals surface area contributed by atoms with Gasteiger partial charge in [0.15, 0.2) is 0 Å². The number of esters is 1. The molecule has 0 amide bonds. The van der Waals surface area contributed by atoms with Crippen molar-refractivity contribution in [3.8, 4) is 17.2 Å². The summed E-state index contributed by atoms with van der Waals surface area (Å²) in [4.78, 5) is 11.8. The molecular weight excluding hydrogens is 292 g/mol. The second kappa shape index (κ2) is 6.73. The molecule has 0 saturated heterocycles. The van der Waals surface area contributed by atoms with Crippen molar-refractivity contribution in [2.75, 3.05) is 6.61 Å². The van der Waals surface area contributed by atoms with Crippen LogP contribution < -0.4 is 9.47 Å². The highest BCUT2D eigenvalue weighted by atomic mass is 16.5. The highest BCUT2D eigenvalue weighted by molar-refractivity contribution is 5.78. The molecule has 0 spiro atoms. The summed E-state index contributed by atoms with van der Waals surface area (Å²) in [5.41, 5.74) is 1.96. The molecule has 4 nitrogen and oxygen atoms in total. The number of hydrogen-bond acceptors (Lipinski definition) is 4. The van der Waals surface area contributed by atoms with Gasteiger partial charge in [0.25, 0.3) is 0 Å². The van der Waals surface area contributed by atoms with Gasteiger partial charge in [0.2, 0.25) is 0 Å². The summed E-state index contributed by atoms with van der Waals surface area (Å²) in [6.07, 6.45) is 2.44. The monoisotopic (exact) mass is 312 g/mol. The number of fused-ring (bicyclic) bond motifs is 1. The van der Waals surface area contributed by atoms with Gasteiger partial charge in [-0.25, -0.2) is 0 Å². The number of phenolic OH excluding ortho intramolecular Hbond substituents is 1. The van der Waals surface area contributed by atoms with Crippen molar-refractivity contribution in [3.63, 3.8) is 0 Å². The Morgan fingerprint density at radius 2 is 2.00 bits per heavy atom. The molecule has 0 radical (unpaired) electrons. The fourth-order valence-corrected chi connectivity index (χ4v) is 2.77. The quantitative estimate of drug-likeness (QED) is 0.515. The van der Waals surface area contributed by atoms with Gasteiger partial charge in [-0.3, -0.25) is 4.79 Å². The first-order chi connectivity index (χ1) is 11.2. The normalized spacial score (nSPS) is 16.6. The van der Waals surface area contributed by atoms with Gasteiger partial charge in [-0.05, 0) is 30.2 Å². The summed E-state index contributed by atoms with van der Waals surface area (Å²) in [6, 6.07) is 12.8. The smallest absolute Gasteiger partial charge is 0.312 e. The minimum Gasteiger partial charge on any atom is -0.508 e. The molecule has 1 aliphatic heterocycles. The van der Waals surface area contributed by atoms with Gasteiger partial charge in [0, 0.05) is 17.5 Å². The Balaban J connectivity index is 1.83. The molecule has 4 heteroatoms. The van der Waals surface area contributed by atoms with Crippen LogP contribution in [0.3, 0.4) is 0 Å². The highest BCUT2D eigenvalue weighted by Crippen LogP contribution is 2.40. The van der Waals surface area contributed by atoms with Crippen molar-refractivity contribution in [2.45, 2.75) is 32.1 Å². The Morgan fingerprint density at radius 3 is 2.74 bits per heavy atom. The van der Waals surface area contributed by atoms with E-state index in [1.165, 1.54) is 6.07 Å². The van der Waals surface area contributed by atoms with Crippen LogP contribution >= 0.6 is 0 Å². The molecular formula is C19H20O4. The number of benzene rings is 2. The Hall–Kier alpha value is -2.49. The second-order valence-electron chi connectivity index (χ2n) is 5.72. The van der Waals surface area contributed by atoms with E-state index in [9.17, 15) is 9.90 Å². The summed E-state index contributed by atoms with van der Waals surface area (Å²) < 4.78 is 10.9. The number of carbonyl (C=O) groups excluding carboxylic acids is 1. The average molecular weight is 312 g/mol. The average Bonchev–Trinajstić information content (AvgIpc) is 2.54. The number of rotatable bonds is 5. The molecule has 23 heavy (non-hydrogen) atoms. The van der Waals surface area contributed by atoms with Gasteiger partial charge >= 0.3 is 5.97 Å². The van der Waals surface area contributed by atoms with Crippen molar-refractivity contribution >= 4 is 5.97 Å². The van der Waals surface area contributed by atoms with Crippen molar-refractivity contribution in [2.24, 2.45) is 0 Å². The van der Waals surface area contributed by atoms with Crippen LogP contribution in [0.2, 0.25) is 0 Å². The number of carbonyl (C=O) groups is 1. The molecule has 1 heterocycles. The van der Waals surface area contributed by atoms with Gasteiger partial charge < -0.3 is 14.6 Å². The third-order valence-corrected chi connectivity index (χ3v) is 4.02. The minimum atomic E-state index is -0.281. The fraction of sp³-hybridized carbons (Fsp3) is 0.316. The van der Waals surface area contributed by atoms with Gasteiger partial charge in [0.05, 0.1) is 13.0 Å². The first-order valence-electron chi connectivity index (χ1n) is 7.93. The Morgan fingerprint density at radius 1 is 1.22 bits per heavy atom. The zero-order valence-corrected chi connectivity index (χ0v) is 13.1. The Labute approximate surface area is 135 Å². The largest absolute Gasteiger partial charge is 0.508 e. The van der Waals surface area contributed by atoms with Crippen LogP contribution in [0.5, 0.6) is 17.2 Å². The summed E-state index contributed by atoms with van der Waals surface area (Å²) in [6.45, 7) is 2.84. The maximum absolute atomic E-state index is 11.8. The second-order valence-corrected chi connectivity index (χ2v) is 5.72. The van der Waals surface area contributed by atoms with E-state index in [1.54, 1.807) is 6.07 Å². The number of unbranched alkanes of at least 4 members (excludes halogenated alkanes) is 1. The first kappa shape index (κ1) is 15.4. The lowest BCUT2D eigenvalue weighted by molar-refractivity contribution is -0.135. The Bertz CT molecular complexity index is 691. The third kappa shape index (κ3) is 3.47. The molecule has 2 aromatic rings. The van der Waals surface area contributed by atoms with Crippen LogP contribution in [-0.2, 0) is 4.79 Å². The summed E-state index contributed by atoms with van der Waals surface area (Å²) >= 11 is 0. The van der Waals surface area contributed by atoms with Gasteiger partial charge in [-0.2, -0.15) is 0 Å². The maximum atomic E-state index is 11.8. The standard InChI is InChI=1S/C19H20O4/c1-2-3-10-22-15-7-4-13(5-8-15)17-12-19(21)23-18-11-14(20)6-9-16(17)18/h4-9,11,17,20H,2-3,10,12H2,1H3.